The van der Waals surface area contributed by atoms with E-state index in [2.05, 4.69) is 10.0 Å². The van der Waals surface area contributed by atoms with E-state index >= 15 is 0 Å². The van der Waals surface area contributed by atoms with Crippen LogP contribution in [0.2, 0.25) is 0 Å². The summed E-state index contributed by atoms with van der Waals surface area (Å²) in [6.07, 6.45) is 1.65. The van der Waals surface area contributed by atoms with E-state index in [9.17, 15) is 13.2 Å². The van der Waals surface area contributed by atoms with Crippen molar-refractivity contribution in [2.24, 2.45) is 0 Å². The van der Waals surface area contributed by atoms with Gasteiger partial charge in [-0.05, 0) is 50.2 Å². The van der Waals surface area contributed by atoms with E-state index in [4.69, 9.17) is 9.47 Å². The quantitative estimate of drug-likeness (QED) is 0.799. The third-order valence-corrected chi connectivity index (χ3v) is 5.01. The highest BCUT2D eigenvalue weighted by atomic mass is 32.2. The summed E-state index contributed by atoms with van der Waals surface area (Å²) in [5, 5.41) is 3.04. The molecular formula is C20H24N2O5S. The fourth-order valence-electron chi connectivity index (χ4n) is 3.27. The smallest absolute Gasteiger partial charge is 0.251 e. The molecular weight excluding hydrogens is 380 g/mol. The summed E-state index contributed by atoms with van der Waals surface area (Å²) >= 11 is 0. The second-order valence-corrected chi connectivity index (χ2v) is 9.20. The van der Waals surface area contributed by atoms with Crippen molar-refractivity contribution >= 4 is 21.6 Å². The maximum Gasteiger partial charge on any atom is 0.251 e. The molecule has 0 radical (unpaired) electrons. The molecule has 2 N–H and O–H groups in total. The molecule has 0 bridgehead atoms. The van der Waals surface area contributed by atoms with E-state index < -0.39 is 15.6 Å². The Bertz CT molecular complexity index is 1000. The third-order valence-electron chi connectivity index (χ3n) is 4.41. The molecule has 0 spiro atoms. The standard InChI is InChI=1S/C20H24N2O5S/c1-20(2)12-17(16-11-15(26-3)8-9-18(16)27-20)21-19(23)13-6-5-7-14(10-13)22-28(4,24)25/h5-11,17,22H,12H2,1-4H3,(H,21,23)/t17-/m1/s1. The number of sulfonamides is 1. The van der Waals surface area contributed by atoms with Gasteiger partial charge in [0.1, 0.15) is 17.1 Å². The van der Waals surface area contributed by atoms with Gasteiger partial charge in [-0.2, -0.15) is 0 Å². The van der Waals surface area contributed by atoms with Crippen LogP contribution in [0.15, 0.2) is 42.5 Å². The maximum absolute atomic E-state index is 12.8. The molecule has 0 aromatic heterocycles. The van der Waals surface area contributed by atoms with Crippen LogP contribution in [-0.2, 0) is 10.0 Å². The Morgan fingerprint density at radius 2 is 1.96 bits per heavy atom. The lowest BCUT2D eigenvalue weighted by atomic mass is 9.89. The van der Waals surface area contributed by atoms with Crippen molar-refractivity contribution in [1.82, 2.24) is 5.32 Å². The summed E-state index contributed by atoms with van der Waals surface area (Å²) in [7, 11) is -1.84. The minimum atomic E-state index is -3.42. The summed E-state index contributed by atoms with van der Waals surface area (Å²) in [6, 6.07) is 11.6. The first-order valence-corrected chi connectivity index (χ1v) is 10.7. The Kier molecular flexibility index (Phi) is 5.25. The van der Waals surface area contributed by atoms with Gasteiger partial charge in [0.15, 0.2) is 0 Å². The molecule has 1 heterocycles. The van der Waals surface area contributed by atoms with E-state index in [1.807, 2.05) is 32.0 Å². The third kappa shape index (κ3) is 4.75. The molecule has 0 fully saturated rings. The molecule has 8 heteroatoms. The molecule has 150 valence electrons. The molecule has 2 aromatic carbocycles. The number of anilines is 1. The largest absolute Gasteiger partial charge is 0.497 e. The number of carbonyl (C=O) groups excluding carboxylic acids is 1. The number of rotatable bonds is 5. The van der Waals surface area contributed by atoms with E-state index in [-0.39, 0.29) is 11.9 Å². The van der Waals surface area contributed by atoms with Crippen LogP contribution in [0.1, 0.15) is 42.2 Å². The molecule has 0 aliphatic carbocycles. The molecule has 1 aliphatic heterocycles. The van der Waals surface area contributed by atoms with Crippen molar-refractivity contribution in [3.63, 3.8) is 0 Å². The zero-order valence-electron chi connectivity index (χ0n) is 16.3. The summed E-state index contributed by atoms with van der Waals surface area (Å²) in [5.74, 6) is 1.09. The number of benzene rings is 2. The Balaban J connectivity index is 1.87. The number of hydrogen-bond donors (Lipinski definition) is 2. The highest BCUT2D eigenvalue weighted by Gasteiger charge is 2.35. The van der Waals surface area contributed by atoms with Crippen molar-refractivity contribution in [2.75, 3.05) is 18.1 Å². The molecule has 28 heavy (non-hydrogen) atoms. The predicted molar refractivity (Wildman–Crippen MR) is 107 cm³/mol. The number of ether oxygens (including phenoxy) is 2. The van der Waals surface area contributed by atoms with Crippen LogP contribution in [0.5, 0.6) is 11.5 Å². The Labute approximate surface area is 165 Å². The van der Waals surface area contributed by atoms with Crippen molar-refractivity contribution in [3.8, 4) is 11.5 Å². The number of hydrogen-bond acceptors (Lipinski definition) is 5. The zero-order chi connectivity index (χ0) is 20.5. The van der Waals surface area contributed by atoms with Crippen molar-refractivity contribution in [2.45, 2.75) is 31.9 Å². The molecule has 1 aliphatic rings. The van der Waals surface area contributed by atoms with E-state index in [1.165, 1.54) is 6.07 Å². The van der Waals surface area contributed by atoms with Crippen LogP contribution in [0.4, 0.5) is 5.69 Å². The van der Waals surface area contributed by atoms with Crippen molar-refractivity contribution in [3.05, 3.63) is 53.6 Å². The first-order valence-electron chi connectivity index (χ1n) is 8.82. The van der Waals surface area contributed by atoms with Crippen LogP contribution in [0.3, 0.4) is 0 Å². The molecule has 0 unspecified atom stereocenters. The van der Waals surface area contributed by atoms with Gasteiger partial charge in [-0.3, -0.25) is 9.52 Å². The lowest BCUT2D eigenvalue weighted by Crippen LogP contribution is -2.41. The van der Waals surface area contributed by atoms with Crippen LogP contribution < -0.4 is 19.5 Å². The second-order valence-electron chi connectivity index (χ2n) is 7.45. The van der Waals surface area contributed by atoms with E-state index in [0.717, 1.165) is 11.8 Å². The van der Waals surface area contributed by atoms with Crippen LogP contribution >= 0.6 is 0 Å². The van der Waals surface area contributed by atoms with Gasteiger partial charge in [-0.1, -0.05) is 6.07 Å². The van der Waals surface area contributed by atoms with Crippen LogP contribution in [0.25, 0.3) is 0 Å². The predicted octanol–water partition coefficient (Wildman–Crippen LogP) is 3.10. The average molecular weight is 404 g/mol. The molecule has 2 aromatic rings. The molecule has 1 atom stereocenters. The Hall–Kier alpha value is -2.74. The van der Waals surface area contributed by atoms with Gasteiger partial charge in [0, 0.05) is 23.2 Å². The van der Waals surface area contributed by atoms with Crippen LogP contribution in [-0.4, -0.2) is 33.3 Å². The summed E-state index contributed by atoms with van der Waals surface area (Å²) in [6.45, 7) is 3.94. The van der Waals surface area contributed by atoms with Gasteiger partial charge in [0.25, 0.3) is 5.91 Å². The van der Waals surface area contributed by atoms with E-state index in [0.29, 0.717) is 29.2 Å². The van der Waals surface area contributed by atoms with Crippen molar-refractivity contribution in [1.29, 1.82) is 0 Å². The number of amides is 1. The number of fused-ring (bicyclic) bond motifs is 1. The SMILES string of the molecule is COc1ccc2c(c1)[C@H](NC(=O)c1cccc(NS(C)(=O)=O)c1)CC(C)(C)O2. The molecule has 0 saturated carbocycles. The normalized spacial score (nSPS) is 17.8. The van der Waals surface area contributed by atoms with Crippen LogP contribution in [0, 0.1) is 0 Å². The fraction of sp³-hybridized carbons (Fsp3) is 0.350. The summed E-state index contributed by atoms with van der Waals surface area (Å²) in [4.78, 5) is 12.8. The fourth-order valence-corrected chi connectivity index (χ4v) is 3.82. The highest BCUT2D eigenvalue weighted by Crippen LogP contribution is 2.41. The van der Waals surface area contributed by atoms with Gasteiger partial charge in [0.2, 0.25) is 10.0 Å². The first-order chi connectivity index (χ1) is 13.1. The molecule has 3 rings (SSSR count). The topological polar surface area (TPSA) is 93.7 Å². The second kappa shape index (κ2) is 7.35. The molecule has 0 saturated heterocycles. The van der Waals surface area contributed by atoms with E-state index in [1.54, 1.807) is 25.3 Å². The first kappa shape index (κ1) is 20.0. The van der Waals surface area contributed by atoms with Gasteiger partial charge in [-0.25, -0.2) is 8.42 Å². The summed E-state index contributed by atoms with van der Waals surface area (Å²) in [5.41, 5.74) is 1.10. The summed E-state index contributed by atoms with van der Waals surface area (Å²) < 4.78 is 36.6. The Morgan fingerprint density at radius 3 is 2.64 bits per heavy atom. The average Bonchev–Trinajstić information content (AvgIpc) is 2.59. The monoisotopic (exact) mass is 404 g/mol. The molecule has 7 nitrogen and oxygen atoms in total. The number of nitrogens with one attached hydrogen (secondary N) is 2. The van der Waals surface area contributed by atoms with Gasteiger partial charge >= 0.3 is 0 Å². The molecule has 1 amide bonds. The lowest BCUT2D eigenvalue weighted by molar-refractivity contribution is 0.0618. The van der Waals surface area contributed by atoms with Gasteiger partial charge < -0.3 is 14.8 Å². The van der Waals surface area contributed by atoms with Gasteiger partial charge in [-0.15, -0.1) is 0 Å². The highest BCUT2D eigenvalue weighted by molar-refractivity contribution is 7.92. The number of carbonyl (C=O) groups is 1. The number of methoxy groups -OCH3 is 1. The van der Waals surface area contributed by atoms with Gasteiger partial charge in [0.05, 0.1) is 19.4 Å². The maximum atomic E-state index is 12.8. The minimum absolute atomic E-state index is 0.270. The zero-order valence-corrected chi connectivity index (χ0v) is 17.1. The van der Waals surface area contributed by atoms with Crippen molar-refractivity contribution < 1.29 is 22.7 Å². The lowest BCUT2D eigenvalue weighted by Gasteiger charge is -2.38. The Morgan fingerprint density at radius 1 is 1.21 bits per heavy atom. The minimum Gasteiger partial charge on any atom is -0.497 e.